The van der Waals surface area contributed by atoms with E-state index in [0.29, 0.717) is 12.8 Å². The van der Waals surface area contributed by atoms with E-state index < -0.39 is 12.2 Å². The SMILES string of the molecule is OCC(O)CCC(O)CO.OC[C@@H]1CC[C@H](CO)O1.OC[C@H]1CC[C@H](CO)O1. The molecule has 0 saturated carbocycles. The molecule has 0 aromatic heterocycles. The van der Waals surface area contributed by atoms with Crippen LogP contribution in [0.3, 0.4) is 0 Å². The first-order valence-electron chi connectivity index (χ1n) is 9.76. The van der Waals surface area contributed by atoms with Crippen molar-refractivity contribution < 1.29 is 50.3 Å². The Balaban J connectivity index is 0.000000391. The maximum Gasteiger partial charge on any atom is 0.0811 e. The van der Waals surface area contributed by atoms with Crippen molar-refractivity contribution in [3.05, 3.63) is 0 Å². The van der Waals surface area contributed by atoms with Crippen molar-refractivity contribution in [2.75, 3.05) is 39.6 Å². The minimum absolute atomic E-state index is 0.0258. The van der Waals surface area contributed by atoms with E-state index in [1.807, 2.05) is 0 Å². The molecule has 0 aliphatic carbocycles. The Kier molecular flexibility index (Phi) is 17.2. The van der Waals surface area contributed by atoms with E-state index in [2.05, 4.69) is 0 Å². The average Bonchev–Trinajstić information content (AvgIpc) is 3.41. The van der Waals surface area contributed by atoms with Crippen LogP contribution in [-0.4, -0.2) is 117 Å². The largest absolute Gasteiger partial charge is 0.394 e. The lowest BCUT2D eigenvalue weighted by Crippen LogP contribution is -2.18. The second kappa shape index (κ2) is 17.5. The van der Waals surface area contributed by atoms with Crippen LogP contribution < -0.4 is 0 Å². The molecule has 2 unspecified atom stereocenters. The second-order valence-electron chi connectivity index (χ2n) is 6.90. The van der Waals surface area contributed by atoms with E-state index in [4.69, 9.17) is 50.3 Å². The standard InChI is InChI=1S/C6H14O4.2C6H12O3/c7-3-5(9)1-2-6(10)4-8;2*7-3-5-1-2-6(4-8)9-5/h5-10H,1-4H2;2*5-8H,1-4H2/t;5-,6+;5-,6-/m..1/s1. The lowest BCUT2D eigenvalue weighted by atomic mass is 10.1. The van der Waals surface area contributed by atoms with Gasteiger partial charge in [-0.3, -0.25) is 0 Å². The first kappa shape index (κ1) is 27.6. The zero-order chi connectivity index (χ0) is 21.4. The molecule has 2 saturated heterocycles. The maximum absolute atomic E-state index is 8.76. The normalized spacial score (nSPS) is 28.7. The van der Waals surface area contributed by atoms with Crippen molar-refractivity contribution >= 4 is 0 Å². The monoisotopic (exact) mass is 414 g/mol. The van der Waals surface area contributed by atoms with Crippen molar-refractivity contribution in [3.63, 3.8) is 0 Å². The van der Waals surface area contributed by atoms with Crippen molar-refractivity contribution in [1.29, 1.82) is 0 Å². The summed E-state index contributed by atoms with van der Waals surface area (Å²) in [6.07, 6.45) is 2.49. The predicted octanol–water partition coefficient (Wildman–Crippen LogP) is -2.49. The van der Waals surface area contributed by atoms with E-state index in [1.165, 1.54) is 0 Å². The van der Waals surface area contributed by atoms with Gasteiger partial charge in [-0.05, 0) is 38.5 Å². The molecule has 0 spiro atoms. The number of aliphatic hydroxyl groups excluding tert-OH is 8. The minimum Gasteiger partial charge on any atom is -0.394 e. The molecule has 170 valence electrons. The van der Waals surface area contributed by atoms with Crippen LogP contribution in [0.25, 0.3) is 0 Å². The molecule has 2 fully saturated rings. The minimum atomic E-state index is -0.777. The number of ether oxygens (including phenoxy) is 2. The fourth-order valence-electron chi connectivity index (χ4n) is 2.66. The molecule has 10 heteroatoms. The van der Waals surface area contributed by atoms with Crippen LogP contribution in [0.15, 0.2) is 0 Å². The molecule has 0 bridgehead atoms. The van der Waals surface area contributed by atoms with Gasteiger partial charge >= 0.3 is 0 Å². The summed E-state index contributed by atoms with van der Waals surface area (Å²) in [5.74, 6) is 0. The Morgan fingerprint density at radius 1 is 0.536 bits per heavy atom. The van der Waals surface area contributed by atoms with Gasteiger partial charge in [-0.1, -0.05) is 0 Å². The number of rotatable bonds is 9. The predicted molar refractivity (Wildman–Crippen MR) is 99.6 cm³/mol. The zero-order valence-corrected chi connectivity index (χ0v) is 16.3. The molecule has 28 heavy (non-hydrogen) atoms. The Morgan fingerprint density at radius 2 is 0.786 bits per heavy atom. The Morgan fingerprint density at radius 3 is 0.929 bits per heavy atom. The first-order valence-corrected chi connectivity index (χ1v) is 9.76. The molecule has 2 aliphatic heterocycles. The topological polar surface area (TPSA) is 180 Å². The van der Waals surface area contributed by atoms with Gasteiger partial charge in [0.25, 0.3) is 0 Å². The molecule has 8 N–H and O–H groups in total. The van der Waals surface area contributed by atoms with Crippen LogP contribution in [0.1, 0.15) is 38.5 Å². The lowest BCUT2D eigenvalue weighted by Gasteiger charge is -2.09. The van der Waals surface area contributed by atoms with Gasteiger partial charge < -0.3 is 50.3 Å². The molecule has 2 aliphatic rings. The second-order valence-corrected chi connectivity index (χ2v) is 6.90. The first-order chi connectivity index (χ1) is 13.4. The molecule has 10 nitrogen and oxygen atoms in total. The summed E-state index contributed by atoms with van der Waals surface area (Å²) in [7, 11) is 0. The summed E-state index contributed by atoms with van der Waals surface area (Å²) < 4.78 is 10.3. The third kappa shape index (κ3) is 12.9. The van der Waals surface area contributed by atoms with Gasteiger partial charge in [-0.2, -0.15) is 0 Å². The summed E-state index contributed by atoms with van der Waals surface area (Å²) in [6, 6.07) is 0. The van der Waals surface area contributed by atoms with Crippen LogP contribution in [0.4, 0.5) is 0 Å². The Labute approximate surface area is 166 Å². The highest BCUT2D eigenvalue weighted by Crippen LogP contribution is 2.18. The number of hydrogen-bond donors (Lipinski definition) is 8. The average molecular weight is 414 g/mol. The summed E-state index contributed by atoms with van der Waals surface area (Å²) in [5, 5.41) is 68.5. The number of hydrogen-bond acceptors (Lipinski definition) is 10. The van der Waals surface area contributed by atoms with Crippen molar-refractivity contribution in [2.45, 2.75) is 75.1 Å². The molecular weight excluding hydrogens is 376 g/mol. The van der Waals surface area contributed by atoms with Crippen LogP contribution in [-0.2, 0) is 9.47 Å². The quantitative estimate of drug-likeness (QED) is 0.201. The molecule has 0 radical (unpaired) electrons. The summed E-state index contributed by atoms with van der Waals surface area (Å²) >= 11 is 0. The van der Waals surface area contributed by atoms with Crippen LogP contribution in [0.2, 0.25) is 0 Å². The van der Waals surface area contributed by atoms with Crippen LogP contribution in [0.5, 0.6) is 0 Å². The third-order valence-corrected chi connectivity index (χ3v) is 4.46. The van der Waals surface area contributed by atoms with E-state index in [9.17, 15) is 0 Å². The van der Waals surface area contributed by atoms with E-state index in [0.717, 1.165) is 25.7 Å². The van der Waals surface area contributed by atoms with E-state index >= 15 is 0 Å². The highest BCUT2D eigenvalue weighted by Gasteiger charge is 2.23. The molecule has 6 atom stereocenters. The molecule has 0 aromatic rings. The van der Waals surface area contributed by atoms with Gasteiger partial charge in [0, 0.05) is 0 Å². The highest BCUT2D eigenvalue weighted by molar-refractivity contribution is 4.72. The molecular formula is C18H38O10. The summed E-state index contributed by atoms with van der Waals surface area (Å²) in [4.78, 5) is 0. The van der Waals surface area contributed by atoms with Crippen LogP contribution in [0, 0.1) is 0 Å². The third-order valence-electron chi connectivity index (χ3n) is 4.46. The van der Waals surface area contributed by atoms with Gasteiger partial charge in [-0.15, -0.1) is 0 Å². The van der Waals surface area contributed by atoms with Gasteiger partial charge in [0.2, 0.25) is 0 Å². The summed E-state index contributed by atoms with van der Waals surface area (Å²) in [6.45, 7) is -0.268. The lowest BCUT2D eigenvalue weighted by molar-refractivity contribution is -0.0119. The van der Waals surface area contributed by atoms with Crippen molar-refractivity contribution in [3.8, 4) is 0 Å². The van der Waals surface area contributed by atoms with Gasteiger partial charge in [-0.25, -0.2) is 0 Å². The maximum atomic E-state index is 8.76. The van der Waals surface area contributed by atoms with E-state index in [1.54, 1.807) is 0 Å². The Bertz CT molecular complexity index is 294. The van der Waals surface area contributed by atoms with Gasteiger partial charge in [0.05, 0.1) is 76.3 Å². The highest BCUT2D eigenvalue weighted by atomic mass is 16.5. The van der Waals surface area contributed by atoms with E-state index in [-0.39, 0.29) is 64.1 Å². The molecule has 0 aromatic carbocycles. The smallest absolute Gasteiger partial charge is 0.0811 e. The van der Waals surface area contributed by atoms with Gasteiger partial charge in [0.15, 0.2) is 0 Å². The molecule has 2 rings (SSSR count). The fraction of sp³-hybridized carbons (Fsp3) is 1.00. The van der Waals surface area contributed by atoms with Crippen molar-refractivity contribution in [1.82, 2.24) is 0 Å². The Hall–Kier alpha value is -0.400. The zero-order valence-electron chi connectivity index (χ0n) is 16.3. The summed E-state index contributed by atoms with van der Waals surface area (Å²) in [5.41, 5.74) is 0. The van der Waals surface area contributed by atoms with Crippen LogP contribution >= 0.6 is 0 Å². The number of aliphatic hydroxyl groups is 8. The molecule has 0 amide bonds. The van der Waals surface area contributed by atoms with Gasteiger partial charge in [0.1, 0.15) is 0 Å². The fourth-order valence-corrected chi connectivity index (χ4v) is 2.66. The molecule has 2 heterocycles. The van der Waals surface area contributed by atoms with Crippen molar-refractivity contribution in [2.24, 2.45) is 0 Å².